The third kappa shape index (κ3) is 9.89. The molecule has 1 aliphatic rings. The van der Waals surface area contributed by atoms with Crippen LogP contribution in [0.15, 0.2) is 126 Å². The van der Waals surface area contributed by atoms with E-state index in [-0.39, 0.29) is 18.2 Å². The van der Waals surface area contributed by atoms with Crippen LogP contribution in [-0.4, -0.2) is 47.0 Å². The van der Waals surface area contributed by atoms with Gasteiger partial charge < -0.3 is 20.7 Å². The Morgan fingerprint density at radius 2 is 1.58 bits per heavy atom. The van der Waals surface area contributed by atoms with Crippen LogP contribution >= 0.6 is 23.1 Å². The molecule has 3 N–H and O–H groups in total. The van der Waals surface area contributed by atoms with Gasteiger partial charge in [-0.2, -0.15) is 0 Å². The summed E-state index contributed by atoms with van der Waals surface area (Å²) >= 11 is 2.76. The molecule has 9 nitrogen and oxygen atoms in total. The lowest BCUT2D eigenvalue weighted by atomic mass is 10.0. The molecule has 0 aliphatic carbocycles. The number of fused-ring (bicyclic) bond motifs is 1. The SMILES string of the molecule is CCOC(=O)c1c(NC(=O)C(C)Sc2cccc(NC(=O)/C(=C/c3ccccc3)NC(=O)c3ccccc3)c2)sc2c1CCN(Cc1ccccc1)C2. The van der Waals surface area contributed by atoms with Crippen molar-refractivity contribution < 1.29 is 23.9 Å². The number of nitrogens with one attached hydrogen (secondary N) is 3. The minimum atomic E-state index is -0.539. The third-order valence-electron chi connectivity index (χ3n) is 8.51. The maximum absolute atomic E-state index is 13.6. The number of hydrogen-bond donors (Lipinski definition) is 3. The molecular formula is C42H40N4O5S2. The highest BCUT2D eigenvalue weighted by atomic mass is 32.2. The van der Waals surface area contributed by atoms with Crippen LogP contribution in [0.3, 0.4) is 0 Å². The molecule has 3 amide bonds. The fraction of sp³-hybridized carbons (Fsp3) is 0.190. The van der Waals surface area contributed by atoms with Gasteiger partial charge in [-0.25, -0.2) is 4.79 Å². The molecule has 0 saturated carbocycles. The molecule has 1 atom stereocenters. The van der Waals surface area contributed by atoms with Crippen LogP contribution in [0.5, 0.6) is 0 Å². The summed E-state index contributed by atoms with van der Waals surface area (Å²) in [6.07, 6.45) is 2.30. The normalized spacial score (nSPS) is 13.4. The number of nitrogens with zero attached hydrogens (tertiary/aromatic N) is 1. The van der Waals surface area contributed by atoms with Crippen LogP contribution in [0.4, 0.5) is 10.7 Å². The van der Waals surface area contributed by atoms with Crippen molar-refractivity contribution in [3.8, 4) is 0 Å². The van der Waals surface area contributed by atoms with Crippen molar-refractivity contribution in [3.05, 3.63) is 154 Å². The van der Waals surface area contributed by atoms with Crippen molar-refractivity contribution in [1.29, 1.82) is 0 Å². The van der Waals surface area contributed by atoms with Gasteiger partial charge in [-0.05, 0) is 73.4 Å². The molecule has 0 radical (unpaired) electrons. The quantitative estimate of drug-likeness (QED) is 0.0636. The molecule has 0 saturated heterocycles. The molecule has 270 valence electrons. The van der Waals surface area contributed by atoms with E-state index in [4.69, 9.17) is 4.74 Å². The number of esters is 1. The van der Waals surface area contributed by atoms with E-state index in [1.165, 1.54) is 28.7 Å². The fourth-order valence-electron chi connectivity index (χ4n) is 5.92. The van der Waals surface area contributed by atoms with E-state index in [0.29, 0.717) is 34.8 Å². The summed E-state index contributed by atoms with van der Waals surface area (Å²) < 4.78 is 5.43. The topological polar surface area (TPSA) is 117 Å². The summed E-state index contributed by atoms with van der Waals surface area (Å²) in [5.41, 5.74) is 4.35. The van der Waals surface area contributed by atoms with E-state index in [9.17, 15) is 19.2 Å². The maximum atomic E-state index is 13.6. The lowest BCUT2D eigenvalue weighted by Gasteiger charge is -2.27. The van der Waals surface area contributed by atoms with Gasteiger partial charge in [0, 0.05) is 40.7 Å². The first-order valence-electron chi connectivity index (χ1n) is 17.4. The average molecular weight is 745 g/mol. The molecule has 0 fully saturated rings. The van der Waals surface area contributed by atoms with Crippen molar-refractivity contribution in [2.45, 2.75) is 43.5 Å². The van der Waals surface area contributed by atoms with Crippen LogP contribution in [0.1, 0.15) is 56.1 Å². The number of rotatable bonds is 13. The molecule has 4 aromatic carbocycles. The lowest BCUT2D eigenvalue weighted by Crippen LogP contribution is -2.30. The molecule has 1 aromatic heterocycles. The Morgan fingerprint density at radius 1 is 0.887 bits per heavy atom. The monoisotopic (exact) mass is 744 g/mol. The van der Waals surface area contributed by atoms with Gasteiger partial charge in [0.15, 0.2) is 0 Å². The predicted molar refractivity (Wildman–Crippen MR) is 212 cm³/mol. The number of carbonyl (C=O) groups is 4. The smallest absolute Gasteiger partial charge is 0.341 e. The zero-order valence-corrected chi connectivity index (χ0v) is 31.1. The Morgan fingerprint density at radius 3 is 2.30 bits per heavy atom. The fourth-order valence-corrected chi connectivity index (χ4v) is 8.12. The summed E-state index contributed by atoms with van der Waals surface area (Å²) in [5, 5.41) is 8.64. The van der Waals surface area contributed by atoms with Gasteiger partial charge in [-0.1, -0.05) is 84.9 Å². The van der Waals surface area contributed by atoms with Gasteiger partial charge in [0.1, 0.15) is 10.7 Å². The highest BCUT2D eigenvalue weighted by molar-refractivity contribution is 8.00. The highest BCUT2D eigenvalue weighted by Crippen LogP contribution is 2.39. The van der Waals surface area contributed by atoms with Crippen LogP contribution in [0.2, 0.25) is 0 Å². The largest absolute Gasteiger partial charge is 0.462 e. The molecule has 2 heterocycles. The van der Waals surface area contributed by atoms with Gasteiger partial charge in [0.25, 0.3) is 11.8 Å². The van der Waals surface area contributed by atoms with E-state index in [0.717, 1.165) is 34.0 Å². The second-order valence-electron chi connectivity index (χ2n) is 12.4. The van der Waals surface area contributed by atoms with Gasteiger partial charge >= 0.3 is 5.97 Å². The molecule has 0 spiro atoms. The molecular weight excluding hydrogens is 705 g/mol. The Kier molecular flexibility index (Phi) is 12.5. The second kappa shape index (κ2) is 17.8. The number of amides is 3. The van der Waals surface area contributed by atoms with Crippen molar-refractivity contribution in [2.24, 2.45) is 0 Å². The Bertz CT molecular complexity index is 2100. The van der Waals surface area contributed by atoms with Crippen molar-refractivity contribution in [3.63, 3.8) is 0 Å². The molecule has 1 aliphatic heterocycles. The molecule has 6 rings (SSSR count). The number of carbonyl (C=O) groups excluding carboxylic acids is 4. The van der Waals surface area contributed by atoms with E-state index in [1.54, 1.807) is 62.4 Å². The Labute approximate surface area is 317 Å². The molecule has 1 unspecified atom stereocenters. The molecule has 0 bridgehead atoms. The van der Waals surface area contributed by atoms with Gasteiger partial charge in [0.05, 0.1) is 17.4 Å². The van der Waals surface area contributed by atoms with E-state index in [1.807, 2.05) is 60.7 Å². The number of thiophene rings is 1. The summed E-state index contributed by atoms with van der Waals surface area (Å²) in [6.45, 7) is 6.07. The number of hydrogen-bond acceptors (Lipinski definition) is 8. The Balaban J connectivity index is 1.13. The molecule has 53 heavy (non-hydrogen) atoms. The zero-order valence-electron chi connectivity index (χ0n) is 29.5. The predicted octanol–water partition coefficient (Wildman–Crippen LogP) is 8.01. The maximum Gasteiger partial charge on any atom is 0.341 e. The van der Waals surface area contributed by atoms with Gasteiger partial charge in [-0.3, -0.25) is 19.3 Å². The second-order valence-corrected chi connectivity index (χ2v) is 14.9. The van der Waals surface area contributed by atoms with Gasteiger partial charge in [0.2, 0.25) is 5.91 Å². The van der Waals surface area contributed by atoms with Crippen molar-refractivity contribution in [2.75, 3.05) is 23.8 Å². The minimum absolute atomic E-state index is 0.0788. The third-order valence-corrected chi connectivity index (χ3v) is 10.7. The van der Waals surface area contributed by atoms with Crippen LogP contribution < -0.4 is 16.0 Å². The van der Waals surface area contributed by atoms with Gasteiger partial charge in [-0.15, -0.1) is 23.1 Å². The summed E-state index contributed by atoms with van der Waals surface area (Å²) in [5.74, 6) is -1.59. The number of thioether (sulfide) groups is 1. The van der Waals surface area contributed by atoms with Crippen LogP contribution in [-0.2, 0) is 33.8 Å². The van der Waals surface area contributed by atoms with E-state index in [2.05, 4.69) is 33.0 Å². The summed E-state index contributed by atoms with van der Waals surface area (Å²) in [6, 6.07) is 35.4. The first-order chi connectivity index (χ1) is 25.8. The zero-order chi connectivity index (χ0) is 37.2. The van der Waals surface area contributed by atoms with Crippen LogP contribution in [0.25, 0.3) is 6.08 Å². The Hall–Kier alpha value is -5.49. The lowest BCUT2D eigenvalue weighted by molar-refractivity contribution is -0.115. The number of ether oxygens (including phenoxy) is 1. The van der Waals surface area contributed by atoms with E-state index < -0.39 is 23.0 Å². The number of benzene rings is 4. The van der Waals surface area contributed by atoms with Crippen molar-refractivity contribution >= 4 is 63.6 Å². The standard InChI is InChI=1S/C42H40N4O5S2/c1-3-51-42(50)37-34-22-23-46(26-30-16-9-5-10-17-30)27-36(34)53-41(37)45-38(47)28(2)52-33-21-13-20-32(25-33)43-40(49)35(24-29-14-7-4-8-15-29)44-39(48)31-18-11-6-12-19-31/h4-21,24-25,28H,3,22-23,26-27H2,1-2H3,(H,43,49)(H,44,48)(H,45,47)/b35-24-. The molecule has 5 aromatic rings. The van der Waals surface area contributed by atoms with E-state index >= 15 is 0 Å². The van der Waals surface area contributed by atoms with Crippen molar-refractivity contribution in [1.82, 2.24) is 10.2 Å². The summed E-state index contributed by atoms with van der Waals surface area (Å²) in [7, 11) is 0. The molecule has 11 heteroatoms. The first kappa shape index (κ1) is 37.3. The van der Waals surface area contributed by atoms with Crippen LogP contribution in [0, 0.1) is 0 Å². The average Bonchev–Trinajstić information content (AvgIpc) is 3.53. The first-order valence-corrected chi connectivity index (χ1v) is 19.1. The summed E-state index contributed by atoms with van der Waals surface area (Å²) in [4.78, 5) is 57.5. The minimum Gasteiger partial charge on any atom is -0.462 e. The highest BCUT2D eigenvalue weighted by Gasteiger charge is 2.30. The number of anilines is 2.